The normalized spacial score (nSPS) is 11.4. The predicted octanol–water partition coefficient (Wildman–Crippen LogP) is 2.22. The van der Waals surface area contributed by atoms with Crippen LogP contribution < -0.4 is 0 Å². The van der Waals surface area contributed by atoms with Crippen LogP contribution in [-0.4, -0.2) is 17.5 Å². The Balaban J connectivity index is 3.15. The average molecular weight is 271 g/mol. The van der Waals surface area contributed by atoms with Crippen molar-refractivity contribution < 1.29 is 18.9 Å². The van der Waals surface area contributed by atoms with Crippen molar-refractivity contribution in [1.29, 1.82) is 5.26 Å². The summed E-state index contributed by atoms with van der Waals surface area (Å²) in [6.45, 7) is 1.64. The third-order valence-corrected chi connectivity index (χ3v) is 2.17. The maximum atomic E-state index is 11.4. The van der Waals surface area contributed by atoms with E-state index < -0.39 is 22.3 Å². The Bertz CT molecular complexity index is 555. The van der Waals surface area contributed by atoms with Gasteiger partial charge in [-0.15, -0.1) is 0 Å². The van der Waals surface area contributed by atoms with Crippen LogP contribution in [-0.2, 0) is 9.53 Å². The molecule has 0 radical (unpaired) electrons. The lowest BCUT2D eigenvalue weighted by molar-refractivity contribution is -0.402. The molecule has 8 heteroatoms. The lowest BCUT2D eigenvalue weighted by Gasteiger charge is -2.00. The van der Waals surface area contributed by atoms with Crippen molar-refractivity contribution in [3.63, 3.8) is 0 Å². The molecule has 0 saturated heterocycles. The molecule has 0 fully saturated rings. The summed E-state index contributed by atoms with van der Waals surface area (Å²) in [6, 6.07) is 3.83. The van der Waals surface area contributed by atoms with Crippen molar-refractivity contribution in [1.82, 2.24) is 0 Å². The largest absolute Gasteiger partial charge is 0.462 e. The zero-order valence-corrected chi connectivity index (χ0v) is 9.93. The van der Waals surface area contributed by atoms with Gasteiger partial charge in [-0.25, -0.2) is 4.79 Å². The molecule has 1 aromatic heterocycles. The summed E-state index contributed by atoms with van der Waals surface area (Å²) in [5, 5.41) is 18.9. The number of hydrogen-bond acceptors (Lipinski definition) is 6. The van der Waals surface area contributed by atoms with Crippen LogP contribution in [0.25, 0.3) is 5.03 Å². The highest BCUT2D eigenvalue weighted by Gasteiger charge is 2.21. The van der Waals surface area contributed by atoms with Gasteiger partial charge in [-0.2, -0.15) is 5.26 Å². The summed E-state index contributed by atoms with van der Waals surface area (Å²) in [6.07, 6.45) is 0. The molecule has 1 rings (SSSR count). The van der Waals surface area contributed by atoms with Gasteiger partial charge in [0.1, 0.15) is 16.0 Å². The first-order valence-corrected chi connectivity index (χ1v) is 5.10. The molecule has 18 heavy (non-hydrogen) atoms. The summed E-state index contributed by atoms with van der Waals surface area (Å²) >= 11 is 5.76. The van der Waals surface area contributed by atoms with Crippen LogP contribution >= 0.6 is 11.6 Å². The van der Waals surface area contributed by atoms with Crippen LogP contribution in [0, 0.1) is 21.4 Å². The number of carbonyl (C=O) groups is 1. The minimum Gasteiger partial charge on any atom is -0.462 e. The van der Waals surface area contributed by atoms with Crippen LogP contribution in [0.2, 0.25) is 0 Å². The lowest BCUT2D eigenvalue weighted by atomic mass is 10.2. The maximum absolute atomic E-state index is 11.4. The number of furan rings is 1. The highest BCUT2D eigenvalue weighted by Crippen LogP contribution is 2.28. The van der Waals surface area contributed by atoms with E-state index in [2.05, 4.69) is 4.74 Å². The molecule has 0 spiro atoms. The number of carbonyl (C=O) groups excluding carboxylic acids is 1. The topological polar surface area (TPSA) is 106 Å². The van der Waals surface area contributed by atoms with Crippen molar-refractivity contribution in [2.45, 2.75) is 6.92 Å². The maximum Gasteiger partial charge on any atom is 0.433 e. The Morgan fingerprint density at radius 3 is 2.78 bits per heavy atom. The summed E-state index contributed by atoms with van der Waals surface area (Å²) in [7, 11) is 0. The molecule has 0 aliphatic carbocycles. The van der Waals surface area contributed by atoms with Gasteiger partial charge in [-0.3, -0.25) is 10.1 Å². The van der Waals surface area contributed by atoms with Crippen molar-refractivity contribution in [3.05, 3.63) is 33.6 Å². The van der Waals surface area contributed by atoms with E-state index in [1.807, 2.05) is 0 Å². The number of esters is 1. The molecule has 0 saturated carbocycles. The lowest BCUT2D eigenvalue weighted by Crippen LogP contribution is -2.07. The van der Waals surface area contributed by atoms with E-state index in [0.29, 0.717) is 0 Å². The van der Waals surface area contributed by atoms with Gasteiger partial charge >= 0.3 is 11.9 Å². The number of nitrogens with zero attached hydrogens (tertiary/aromatic N) is 2. The first kappa shape index (κ1) is 13.7. The standard InChI is InChI=1S/C10H7ClN2O5/c1-2-17-10(14)6(5-12)9(11)7-3-4-8(18-7)13(15)16/h3-4H,2H2,1H3/b9-6+. The molecule has 0 aromatic carbocycles. The molecule has 0 amide bonds. The van der Waals surface area contributed by atoms with E-state index in [1.54, 1.807) is 13.0 Å². The highest BCUT2D eigenvalue weighted by molar-refractivity contribution is 6.51. The van der Waals surface area contributed by atoms with Crippen LogP contribution in [0.1, 0.15) is 12.7 Å². The van der Waals surface area contributed by atoms with Crippen LogP contribution in [0.5, 0.6) is 0 Å². The quantitative estimate of drug-likeness (QED) is 0.273. The second-order valence-electron chi connectivity index (χ2n) is 2.92. The average Bonchev–Trinajstić information content (AvgIpc) is 2.79. The van der Waals surface area contributed by atoms with Gasteiger partial charge in [0, 0.05) is 0 Å². The minimum absolute atomic E-state index is 0.0759. The molecule has 0 aliphatic rings. The van der Waals surface area contributed by atoms with E-state index in [9.17, 15) is 14.9 Å². The second kappa shape index (κ2) is 5.84. The number of halogens is 1. The molecule has 1 aromatic rings. The minimum atomic E-state index is -0.913. The van der Waals surface area contributed by atoms with Gasteiger partial charge in [0.05, 0.1) is 12.7 Å². The monoisotopic (exact) mass is 270 g/mol. The fourth-order valence-corrected chi connectivity index (χ4v) is 1.28. The molecule has 0 bridgehead atoms. The molecule has 0 atom stereocenters. The van der Waals surface area contributed by atoms with Gasteiger partial charge in [-0.05, 0) is 13.0 Å². The van der Waals surface area contributed by atoms with Crippen molar-refractivity contribution in [3.8, 4) is 6.07 Å². The number of rotatable bonds is 4. The Morgan fingerprint density at radius 1 is 1.67 bits per heavy atom. The molecule has 94 valence electrons. The summed E-state index contributed by atoms with van der Waals surface area (Å²) in [5.74, 6) is -1.60. The van der Waals surface area contributed by atoms with Gasteiger partial charge in [0.15, 0.2) is 11.3 Å². The third kappa shape index (κ3) is 2.87. The summed E-state index contributed by atoms with van der Waals surface area (Å²) in [5.41, 5.74) is -0.470. The van der Waals surface area contributed by atoms with E-state index in [0.717, 1.165) is 6.07 Å². The fourth-order valence-electron chi connectivity index (χ4n) is 1.05. The van der Waals surface area contributed by atoms with Crippen molar-refractivity contribution in [2.24, 2.45) is 0 Å². The molecular weight excluding hydrogens is 264 g/mol. The van der Waals surface area contributed by atoms with E-state index >= 15 is 0 Å². The molecule has 7 nitrogen and oxygen atoms in total. The van der Waals surface area contributed by atoms with Crippen molar-refractivity contribution in [2.75, 3.05) is 6.61 Å². The molecule has 1 heterocycles. The Hall–Kier alpha value is -2.33. The van der Waals surface area contributed by atoms with Crippen LogP contribution in [0.4, 0.5) is 5.88 Å². The van der Waals surface area contributed by atoms with Crippen LogP contribution in [0.15, 0.2) is 22.1 Å². The third-order valence-electron chi connectivity index (χ3n) is 1.80. The fraction of sp³-hybridized carbons (Fsp3) is 0.200. The van der Waals surface area contributed by atoms with Gasteiger partial charge in [-0.1, -0.05) is 11.6 Å². The van der Waals surface area contributed by atoms with E-state index in [1.165, 1.54) is 6.07 Å². The Kier molecular flexibility index (Phi) is 4.45. The number of hydrogen-bond donors (Lipinski definition) is 0. The predicted molar refractivity (Wildman–Crippen MR) is 60.4 cm³/mol. The summed E-state index contributed by atoms with van der Waals surface area (Å²) in [4.78, 5) is 21.0. The molecular formula is C10H7ClN2O5. The second-order valence-corrected chi connectivity index (χ2v) is 3.29. The number of nitriles is 1. The molecule has 0 unspecified atom stereocenters. The molecule has 0 N–H and O–H groups in total. The SMILES string of the molecule is CCOC(=O)/C(C#N)=C(/Cl)c1ccc([N+](=O)[O-])o1. The van der Waals surface area contributed by atoms with Crippen LogP contribution in [0.3, 0.4) is 0 Å². The van der Waals surface area contributed by atoms with Gasteiger partial charge in [0.2, 0.25) is 0 Å². The number of ether oxygens (including phenoxy) is 1. The van der Waals surface area contributed by atoms with E-state index in [-0.39, 0.29) is 17.4 Å². The molecule has 0 aliphatic heterocycles. The number of nitro groups is 1. The Morgan fingerprint density at radius 2 is 2.33 bits per heavy atom. The zero-order valence-electron chi connectivity index (χ0n) is 9.18. The Labute approximate surface area is 106 Å². The van der Waals surface area contributed by atoms with Gasteiger partial charge < -0.3 is 9.15 Å². The summed E-state index contributed by atoms with van der Waals surface area (Å²) < 4.78 is 9.38. The first-order valence-electron chi connectivity index (χ1n) is 4.72. The van der Waals surface area contributed by atoms with Crippen molar-refractivity contribution >= 4 is 28.5 Å². The van der Waals surface area contributed by atoms with Gasteiger partial charge in [0.25, 0.3) is 0 Å². The zero-order chi connectivity index (χ0) is 13.7. The smallest absolute Gasteiger partial charge is 0.433 e. The van der Waals surface area contributed by atoms with E-state index in [4.69, 9.17) is 21.3 Å². The first-order chi connectivity index (χ1) is 8.51. The highest BCUT2D eigenvalue weighted by atomic mass is 35.5.